The lowest BCUT2D eigenvalue weighted by molar-refractivity contribution is 0.108. The van der Waals surface area contributed by atoms with E-state index in [-0.39, 0.29) is 5.56 Å². The largest absolute Gasteiger partial charge is 0.376 e. The number of fused-ring (bicyclic) bond motifs is 1. The van der Waals surface area contributed by atoms with Gasteiger partial charge in [0, 0.05) is 21.7 Å². The molecule has 0 unspecified atom stereocenters. The van der Waals surface area contributed by atoms with E-state index < -0.39 is 0 Å². The summed E-state index contributed by atoms with van der Waals surface area (Å²) in [5.74, 6) is 0.683. The van der Waals surface area contributed by atoms with Gasteiger partial charge in [0.1, 0.15) is 5.82 Å². The third-order valence-corrected chi connectivity index (χ3v) is 4.09. The molecule has 2 aromatic heterocycles. The van der Waals surface area contributed by atoms with Crippen LogP contribution in [0, 0.1) is 13.8 Å². The Kier molecular flexibility index (Phi) is 2.80. The van der Waals surface area contributed by atoms with Crippen molar-refractivity contribution in [2.45, 2.75) is 26.9 Å². The van der Waals surface area contributed by atoms with Crippen LogP contribution in [-0.2, 0) is 17.8 Å². The minimum atomic E-state index is -0.0713. The topological polar surface area (TPSA) is 55.0 Å². The van der Waals surface area contributed by atoms with Gasteiger partial charge in [0.2, 0.25) is 0 Å². The normalized spacial score (nSPS) is 14.6. The molecule has 3 heterocycles. The highest BCUT2D eigenvalue weighted by Crippen LogP contribution is 2.28. The van der Waals surface area contributed by atoms with Crippen molar-refractivity contribution < 1.29 is 4.74 Å². The first kappa shape index (κ1) is 11.6. The van der Waals surface area contributed by atoms with Crippen LogP contribution in [0.1, 0.15) is 21.0 Å². The predicted octanol–water partition coefficient (Wildman–Crippen LogP) is 2.19. The van der Waals surface area contributed by atoms with Gasteiger partial charge in [-0.05, 0) is 19.9 Å². The lowest BCUT2D eigenvalue weighted by atomic mass is 10.1. The second-order valence-corrected chi connectivity index (χ2v) is 5.93. The third-order valence-electron chi connectivity index (χ3n) is 3.13. The van der Waals surface area contributed by atoms with Crippen LogP contribution in [-0.4, -0.2) is 16.6 Å². The van der Waals surface area contributed by atoms with Crippen molar-refractivity contribution in [1.82, 2.24) is 9.97 Å². The molecule has 0 saturated heterocycles. The fraction of sp³-hybridized carbons (Fsp3) is 0.385. The van der Waals surface area contributed by atoms with E-state index in [4.69, 9.17) is 4.74 Å². The molecule has 0 aromatic carbocycles. The Bertz CT molecular complexity index is 657. The molecule has 2 aromatic rings. The summed E-state index contributed by atoms with van der Waals surface area (Å²) in [5, 5.41) is 0. The zero-order chi connectivity index (χ0) is 12.7. The third kappa shape index (κ3) is 1.89. The molecular weight excluding hydrogens is 248 g/mol. The van der Waals surface area contributed by atoms with Gasteiger partial charge in [-0.25, -0.2) is 4.98 Å². The average Bonchev–Trinajstić information content (AvgIpc) is 2.68. The smallest absolute Gasteiger partial charge is 0.256 e. The van der Waals surface area contributed by atoms with E-state index in [1.165, 1.54) is 9.75 Å². The van der Waals surface area contributed by atoms with Crippen LogP contribution in [0.5, 0.6) is 0 Å². The summed E-state index contributed by atoms with van der Waals surface area (Å²) in [6, 6.07) is 2.07. The Morgan fingerprint density at radius 1 is 1.44 bits per heavy atom. The van der Waals surface area contributed by atoms with Crippen LogP contribution in [0.15, 0.2) is 10.9 Å². The first-order valence-electron chi connectivity index (χ1n) is 5.92. The number of hydrogen-bond acceptors (Lipinski definition) is 4. The summed E-state index contributed by atoms with van der Waals surface area (Å²) < 4.78 is 5.29. The van der Waals surface area contributed by atoms with Crippen LogP contribution >= 0.6 is 11.3 Å². The molecule has 0 bridgehead atoms. The van der Waals surface area contributed by atoms with Crippen LogP contribution in [0.2, 0.25) is 0 Å². The fourth-order valence-corrected chi connectivity index (χ4v) is 3.16. The highest BCUT2D eigenvalue weighted by atomic mass is 32.1. The summed E-state index contributed by atoms with van der Waals surface area (Å²) in [7, 11) is 0. The van der Waals surface area contributed by atoms with E-state index in [1.54, 1.807) is 11.3 Å². The molecule has 0 fully saturated rings. The van der Waals surface area contributed by atoms with Crippen molar-refractivity contribution in [1.29, 1.82) is 0 Å². The van der Waals surface area contributed by atoms with E-state index in [1.807, 2.05) is 0 Å². The van der Waals surface area contributed by atoms with Gasteiger partial charge in [-0.3, -0.25) is 4.79 Å². The number of thiophene rings is 1. The molecule has 1 N–H and O–H groups in total. The first-order chi connectivity index (χ1) is 8.65. The lowest BCUT2D eigenvalue weighted by Gasteiger charge is -2.15. The molecule has 4 nitrogen and oxygen atoms in total. The molecule has 0 amide bonds. The average molecular weight is 262 g/mol. The maximum atomic E-state index is 12.0. The van der Waals surface area contributed by atoms with E-state index >= 15 is 0 Å². The van der Waals surface area contributed by atoms with E-state index in [0.717, 1.165) is 11.3 Å². The van der Waals surface area contributed by atoms with Gasteiger partial charge in [-0.15, -0.1) is 11.3 Å². The minimum Gasteiger partial charge on any atom is -0.376 e. The number of ether oxygens (including phenoxy) is 1. The summed E-state index contributed by atoms with van der Waals surface area (Å²) >= 11 is 1.72. The number of nitrogens with zero attached hydrogens (tertiary/aromatic N) is 1. The number of aromatic nitrogens is 2. The molecule has 1 aliphatic heterocycles. The number of aryl methyl sites for hydroxylation is 2. The highest BCUT2D eigenvalue weighted by molar-refractivity contribution is 7.12. The van der Waals surface area contributed by atoms with Crippen LogP contribution in [0.4, 0.5) is 0 Å². The fourth-order valence-electron chi connectivity index (χ4n) is 2.24. The number of rotatable bonds is 1. The maximum Gasteiger partial charge on any atom is 0.256 e. The Morgan fingerprint density at radius 2 is 2.28 bits per heavy atom. The van der Waals surface area contributed by atoms with Gasteiger partial charge in [0.05, 0.1) is 24.5 Å². The quantitative estimate of drug-likeness (QED) is 0.857. The van der Waals surface area contributed by atoms with Crippen LogP contribution in [0.25, 0.3) is 11.4 Å². The summed E-state index contributed by atoms with van der Waals surface area (Å²) in [5.41, 5.74) is 2.51. The number of hydrogen-bond donors (Lipinski definition) is 1. The van der Waals surface area contributed by atoms with E-state index in [2.05, 4.69) is 29.9 Å². The number of H-pyrrole nitrogens is 1. The van der Waals surface area contributed by atoms with Crippen LogP contribution in [0.3, 0.4) is 0 Å². The molecule has 3 rings (SSSR count). The van der Waals surface area contributed by atoms with Gasteiger partial charge < -0.3 is 9.72 Å². The molecule has 0 spiro atoms. The summed E-state index contributed by atoms with van der Waals surface area (Å²) in [6.07, 6.45) is 0.717. The van der Waals surface area contributed by atoms with Crippen LogP contribution < -0.4 is 5.56 Å². The minimum absolute atomic E-state index is 0.0713. The van der Waals surface area contributed by atoms with E-state index in [0.29, 0.717) is 31.0 Å². The molecule has 18 heavy (non-hydrogen) atoms. The second-order valence-electron chi connectivity index (χ2n) is 4.47. The summed E-state index contributed by atoms with van der Waals surface area (Å²) in [4.78, 5) is 21.9. The molecule has 0 atom stereocenters. The van der Waals surface area contributed by atoms with Crippen molar-refractivity contribution in [3.8, 4) is 11.4 Å². The maximum absolute atomic E-state index is 12.0. The molecule has 0 aliphatic carbocycles. The molecule has 0 radical (unpaired) electrons. The Morgan fingerprint density at radius 3 is 3.00 bits per heavy atom. The van der Waals surface area contributed by atoms with Crippen molar-refractivity contribution >= 4 is 11.3 Å². The Balaban J connectivity index is 2.17. The van der Waals surface area contributed by atoms with Gasteiger partial charge >= 0.3 is 0 Å². The highest BCUT2D eigenvalue weighted by Gasteiger charge is 2.17. The van der Waals surface area contributed by atoms with Crippen molar-refractivity contribution in [3.63, 3.8) is 0 Å². The molecule has 0 saturated carbocycles. The van der Waals surface area contributed by atoms with Crippen molar-refractivity contribution in [3.05, 3.63) is 37.4 Å². The molecule has 1 aliphatic rings. The van der Waals surface area contributed by atoms with Gasteiger partial charge in [0.15, 0.2) is 0 Å². The van der Waals surface area contributed by atoms with Gasteiger partial charge in [-0.2, -0.15) is 0 Å². The molecular formula is C13H14N2O2S. The van der Waals surface area contributed by atoms with Gasteiger partial charge in [0.25, 0.3) is 5.56 Å². The molecule has 5 heteroatoms. The predicted molar refractivity (Wildman–Crippen MR) is 71.0 cm³/mol. The standard InChI is InChI=1S/C13H14N2O2S/c1-7-5-9(8(2)18-7)12-14-11-3-4-17-6-10(11)13(16)15-12/h5H,3-4,6H2,1-2H3,(H,14,15,16). The zero-order valence-corrected chi connectivity index (χ0v) is 11.2. The van der Waals surface area contributed by atoms with Gasteiger partial charge in [-0.1, -0.05) is 0 Å². The summed E-state index contributed by atoms with van der Waals surface area (Å²) in [6.45, 7) is 5.13. The second kappa shape index (κ2) is 4.33. The lowest BCUT2D eigenvalue weighted by Crippen LogP contribution is -2.24. The van der Waals surface area contributed by atoms with E-state index in [9.17, 15) is 4.79 Å². The Hall–Kier alpha value is -1.46. The SMILES string of the molecule is Cc1cc(-c2nc3c(c(=O)[nH]2)COCC3)c(C)s1. The number of nitrogens with one attached hydrogen (secondary N) is 1. The number of aromatic amines is 1. The Labute approximate surface area is 109 Å². The zero-order valence-electron chi connectivity index (χ0n) is 10.4. The monoisotopic (exact) mass is 262 g/mol. The first-order valence-corrected chi connectivity index (χ1v) is 6.74. The van der Waals surface area contributed by atoms with Crippen molar-refractivity contribution in [2.24, 2.45) is 0 Å². The van der Waals surface area contributed by atoms with Crippen molar-refractivity contribution in [2.75, 3.05) is 6.61 Å². The molecule has 94 valence electrons.